The first kappa shape index (κ1) is 22.2. The molecule has 0 unspecified atom stereocenters. The van der Waals surface area contributed by atoms with Crippen molar-refractivity contribution >= 4 is 16.7 Å². The van der Waals surface area contributed by atoms with Crippen LogP contribution >= 0.6 is 0 Å². The Balaban J connectivity index is 0.000000194. The molecule has 0 aliphatic rings. The summed E-state index contributed by atoms with van der Waals surface area (Å²) < 4.78 is 1.93. The smallest absolute Gasteiger partial charge is 0.195 e. The highest BCUT2D eigenvalue weighted by Gasteiger charge is 2.08. The third kappa shape index (κ3) is 6.01. The van der Waals surface area contributed by atoms with Gasteiger partial charge in [0.25, 0.3) is 0 Å². The quantitative estimate of drug-likeness (QED) is 0.385. The summed E-state index contributed by atoms with van der Waals surface area (Å²) in [6.45, 7) is 9.26. The number of azo groups is 1. The number of aryl methyl sites for hydroxylation is 2. The van der Waals surface area contributed by atoms with E-state index in [9.17, 15) is 0 Å². The molecule has 0 aliphatic heterocycles. The van der Waals surface area contributed by atoms with E-state index >= 15 is 0 Å². The predicted molar refractivity (Wildman–Crippen MR) is 124 cm³/mol. The van der Waals surface area contributed by atoms with Crippen molar-refractivity contribution in [1.82, 2.24) is 24.7 Å². The van der Waals surface area contributed by atoms with Gasteiger partial charge >= 0.3 is 0 Å². The molecule has 0 atom stereocenters. The lowest BCUT2D eigenvalue weighted by molar-refractivity contribution is 0.483. The maximum atomic E-state index is 4.48. The van der Waals surface area contributed by atoms with Gasteiger partial charge in [-0.3, -0.25) is 9.67 Å². The normalized spacial score (nSPS) is 11.2. The van der Waals surface area contributed by atoms with Crippen LogP contribution in [0.4, 0.5) is 5.82 Å². The van der Waals surface area contributed by atoms with E-state index in [1.807, 2.05) is 36.3 Å². The van der Waals surface area contributed by atoms with E-state index in [0.717, 1.165) is 35.4 Å². The van der Waals surface area contributed by atoms with Crippen LogP contribution in [-0.2, 0) is 13.0 Å². The molecule has 31 heavy (non-hydrogen) atoms. The van der Waals surface area contributed by atoms with Gasteiger partial charge in [0, 0.05) is 36.9 Å². The van der Waals surface area contributed by atoms with E-state index in [0.29, 0.717) is 11.7 Å². The average molecular weight is 416 g/mol. The zero-order chi connectivity index (χ0) is 22.2. The van der Waals surface area contributed by atoms with E-state index in [1.165, 1.54) is 10.9 Å². The number of fused-ring (bicyclic) bond motifs is 1. The Morgan fingerprint density at radius 2 is 1.94 bits per heavy atom. The summed E-state index contributed by atoms with van der Waals surface area (Å²) in [7, 11) is 1.62. The lowest BCUT2D eigenvalue weighted by atomic mass is 10.1. The van der Waals surface area contributed by atoms with Gasteiger partial charge in [-0.15, -0.1) is 5.11 Å². The molecule has 0 bridgehead atoms. The molecule has 7 nitrogen and oxygen atoms in total. The fourth-order valence-corrected chi connectivity index (χ4v) is 3.12. The summed E-state index contributed by atoms with van der Waals surface area (Å²) in [5.74, 6) is 1.12. The highest BCUT2D eigenvalue weighted by molar-refractivity contribution is 5.78. The van der Waals surface area contributed by atoms with Crippen LogP contribution < -0.4 is 0 Å². The molecular weight excluding hydrogens is 386 g/mol. The largest absolute Gasteiger partial charge is 0.272 e. The molecule has 160 valence electrons. The van der Waals surface area contributed by atoms with Gasteiger partial charge in [-0.1, -0.05) is 32.9 Å². The lowest BCUT2D eigenvalue weighted by Gasteiger charge is -2.03. The van der Waals surface area contributed by atoms with Crippen LogP contribution in [0.3, 0.4) is 0 Å². The molecule has 0 radical (unpaired) electrons. The number of aromatic nitrogens is 5. The van der Waals surface area contributed by atoms with E-state index in [-0.39, 0.29) is 0 Å². The monoisotopic (exact) mass is 415 g/mol. The van der Waals surface area contributed by atoms with Gasteiger partial charge < -0.3 is 0 Å². The first-order valence-corrected chi connectivity index (χ1v) is 10.5. The van der Waals surface area contributed by atoms with E-state index in [1.54, 1.807) is 13.2 Å². The Labute approximate surface area is 183 Å². The summed E-state index contributed by atoms with van der Waals surface area (Å²) >= 11 is 0. The fraction of sp³-hybridized carbons (Fsp3) is 0.333. The van der Waals surface area contributed by atoms with Crippen molar-refractivity contribution in [2.45, 2.75) is 40.7 Å². The molecule has 3 heterocycles. The van der Waals surface area contributed by atoms with Crippen LogP contribution in [-0.4, -0.2) is 31.8 Å². The summed E-state index contributed by atoms with van der Waals surface area (Å²) in [4.78, 5) is 13.0. The van der Waals surface area contributed by atoms with Crippen LogP contribution in [0.5, 0.6) is 0 Å². The second-order valence-electron chi connectivity index (χ2n) is 7.69. The molecule has 7 heteroatoms. The zero-order valence-electron chi connectivity index (χ0n) is 18.8. The van der Waals surface area contributed by atoms with Crippen molar-refractivity contribution in [3.63, 3.8) is 0 Å². The summed E-state index contributed by atoms with van der Waals surface area (Å²) in [6.07, 6.45) is 8.42. The van der Waals surface area contributed by atoms with Crippen molar-refractivity contribution < 1.29 is 0 Å². The molecule has 0 spiro atoms. The molecule has 0 aliphatic carbocycles. The summed E-state index contributed by atoms with van der Waals surface area (Å²) in [5.41, 5.74) is 4.99. The number of hydrogen-bond donors (Lipinski definition) is 0. The number of rotatable bonds is 5. The van der Waals surface area contributed by atoms with E-state index in [4.69, 9.17) is 0 Å². The Kier molecular flexibility index (Phi) is 7.54. The summed E-state index contributed by atoms with van der Waals surface area (Å²) in [6, 6.07) is 10.5. The van der Waals surface area contributed by atoms with Crippen molar-refractivity contribution in [2.75, 3.05) is 7.05 Å². The Morgan fingerprint density at radius 1 is 1.10 bits per heavy atom. The fourth-order valence-electron chi connectivity index (χ4n) is 3.12. The van der Waals surface area contributed by atoms with Crippen LogP contribution in [0.25, 0.3) is 22.2 Å². The minimum Gasteiger partial charge on any atom is -0.272 e. The van der Waals surface area contributed by atoms with Gasteiger partial charge in [-0.05, 0) is 43.0 Å². The van der Waals surface area contributed by atoms with Crippen LogP contribution in [0, 0.1) is 12.8 Å². The van der Waals surface area contributed by atoms with Crippen molar-refractivity contribution in [1.29, 1.82) is 0 Å². The standard InChI is InChI=1S/C13H18N6.C11H11N/c1-9(2)7-19-8-11(5-16-19)12-6-15-13(18-14-4)10(3)17-12;1-2-9-5-6-11-10(8-9)4-3-7-12-11/h5-6,8-9H,7H2,1-4H3;3-8H,2H2,1H3. The number of hydrogen-bond acceptors (Lipinski definition) is 6. The second-order valence-corrected chi connectivity index (χ2v) is 7.69. The molecule has 0 saturated heterocycles. The minimum absolute atomic E-state index is 0.556. The number of benzene rings is 1. The molecule has 0 fully saturated rings. The van der Waals surface area contributed by atoms with Gasteiger partial charge in [-0.25, -0.2) is 9.97 Å². The van der Waals surface area contributed by atoms with Crippen LogP contribution in [0.2, 0.25) is 0 Å². The zero-order valence-corrected chi connectivity index (χ0v) is 18.8. The predicted octanol–water partition coefficient (Wildman–Crippen LogP) is 5.82. The third-order valence-corrected chi connectivity index (χ3v) is 4.67. The molecule has 3 aromatic heterocycles. The SMILES string of the molecule is CCc1ccc2ncccc2c1.CN=Nc1ncc(-c2cnn(CC(C)C)c2)nc1C. The molecule has 4 rings (SSSR count). The number of pyridine rings is 1. The molecule has 1 aromatic carbocycles. The molecule has 0 amide bonds. The third-order valence-electron chi connectivity index (χ3n) is 4.67. The second kappa shape index (κ2) is 10.5. The van der Waals surface area contributed by atoms with Crippen molar-refractivity contribution in [3.8, 4) is 11.3 Å². The molecule has 4 aromatic rings. The van der Waals surface area contributed by atoms with Gasteiger partial charge in [0.05, 0.1) is 29.3 Å². The molecular formula is C24H29N7. The lowest BCUT2D eigenvalue weighted by Crippen LogP contribution is -2.04. The molecule has 0 N–H and O–H groups in total. The maximum Gasteiger partial charge on any atom is 0.195 e. The number of nitrogens with zero attached hydrogens (tertiary/aromatic N) is 7. The van der Waals surface area contributed by atoms with Crippen LogP contribution in [0.15, 0.2) is 65.3 Å². The highest BCUT2D eigenvalue weighted by Crippen LogP contribution is 2.20. The van der Waals surface area contributed by atoms with E-state index < -0.39 is 0 Å². The molecule has 0 saturated carbocycles. The maximum absolute atomic E-state index is 4.48. The summed E-state index contributed by atoms with van der Waals surface area (Å²) in [5, 5.41) is 13.2. The Bertz CT molecular complexity index is 1160. The van der Waals surface area contributed by atoms with Gasteiger partial charge in [-0.2, -0.15) is 10.2 Å². The average Bonchev–Trinajstić information content (AvgIpc) is 3.23. The highest BCUT2D eigenvalue weighted by atomic mass is 15.3. The minimum atomic E-state index is 0.556. The Hall–Kier alpha value is -3.48. The first-order valence-electron chi connectivity index (χ1n) is 10.5. The first-order chi connectivity index (χ1) is 15.0. The van der Waals surface area contributed by atoms with E-state index in [2.05, 4.69) is 75.3 Å². The van der Waals surface area contributed by atoms with Gasteiger partial charge in [0.2, 0.25) is 0 Å². The topological polar surface area (TPSA) is 81.2 Å². The Morgan fingerprint density at radius 3 is 2.65 bits per heavy atom. The van der Waals surface area contributed by atoms with Gasteiger partial charge in [0.1, 0.15) is 0 Å². The van der Waals surface area contributed by atoms with Crippen molar-refractivity contribution in [2.24, 2.45) is 16.1 Å². The van der Waals surface area contributed by atoms with Crippen molar-refractivity contribution in [3.05, 3.63) is 66.4 Å². The van der Waals surface area contributed by atoms with Crippen LogP contribution in [0.1, 0.15) is 32.0 Å². The van der Waals surface area contributed by atoms with Gasteiger partial charge in [0.15, 0.2) is 5.82 Å².